The van der Waals surface area contributed by atoms with Gasteiger partial charge < -0.3 is 14.8 Å². The highest BCUT2D eigenvalue weighted by molar-refractivity contribution is 5.32. The molecule has 1 saturated heterocycles. The summed E-state index contributed by atoms with van der Waals surface area (Å²) in [5, 5.41) is 3.72. The lowest BCUT2D eigenvalue weighted by Gasteiger charge is -2.15. The largest absolute Gasteiger partial charge is 0.497 e. The fraction of sp³-hybridized carbons (Fsp3) is 0.333. The molecule has 0 aliphatic carbocycles. The van der Waals surface area contributed by atoms with E-state index in [1.165, 1.54) is 11.1 Å². The minimum absolute atomic E-state index is 0.419. The lowest BCUT2D eigenvalue weighted by molar-refractivity contribution is 0.414. The van der Waals surface area contributed by atoms with Gasteiger partial charge in [-0.05, 0) is 48.2 Å². The topological polar surface area (TPSA) is 30.5 Å². The zero-order valence-corrected chi connectivity index (χ0v) is 12.5. The van der Waals surface area contributed by atoms with Crippen LogP contribution in [0.2, 0.25) is 0 Å². The molecule has 3 heteroatoms. The van der Waals surface area contributed by atoms with Gasteiger partial charge in [-0.2, -0.15) is 0 Å². The fourth-order valence-corrected chi connectivity index (χ4v) is 2.94. The second kappa shape index (κ2) is 6.19. The van der Waals surface area contributed by atoms with Crippen LogP contribution in [0.5, 0.6) is 11.5 Å². The molecule has 0 radical (unpaired) electrons. The van der Waals surface area contributed by atoms with E-state index in [0.717, 1.165) is 24.3 Å². The van der Waals surface area contributed by atoms with E-state index in [1.807, 2.05) is 24.3 Å². The molecule has 1 N–H and O–H groups in total. The summed E-state index contributed by atoms with van der Waals surface area (Å²) in [6, 6.07) is 17.5. The summed E-state index contributed by atoms with van der Waals surface area (Å²) in [5.74, 6) is 1.81. The number of benzene rings is 2. The Morgan fingerprint density at radius 3 is 1.43 bits per heavy atom. The van der Waals surface area contributed by atoms with E-state index in [2.05, 4.69) is 29.6 Å². The predicted octanol–water partition coefficient (Wildman–Crippen LogP) is 3.87. The fourth-order valence-electron chi connectivity index (χ4n) is 2.94. The van der Waals surface area contributed by atoms with Crippen molar-refractivity contribution in [3.05, 3.63) is 59.7 Å². The summed E-state index contributed by atoms with van der Waals surface area (Å²) in [6.45, 7) is 0. The molecule has 1 aliphatic heterocycles. The number of hydrogen-bond donors (Lipinski definition) is 1. The summed E-state index contributed by atoms with van der Waals surface area (Å²) < 4.78 is 10.4. The van der Waals surface area contributed by atoms with Gasteiger partial charge in [-0.25, -0.2) is 0 Å². The molecule has 21 heavy (non-hydrogen) atoms. The molecular formula is C18H21NO2. The first-order chi connectivity index (χ1) is 10.3. The van der Waals surface area contributed by atoms with Gasteiger partial charge in [0.05, 0.1) is 14.2 Å². The minimum atomic E-state index is 0.419. The third-order valence-corrected chi connectivity index (χ3v) is 4.18. The van der Waals surface area contributed by atoms with Crippen molar-refractivity contribution in [2.45, 2.75) is 24.9 Å². The second-order valence-electron chi connectivity index (χ2n) is 5.40. The molecule has 1 heterocycles. The smallest absolute Gasteiger partial charge is 0.118 e. The van der Waals surface area contributed by atoms with E-state index >= 15 is 0 Å². The van der Waals surface area contributed by atoms with Gasteiger partial charge in [0.25, 0.3) is 0 Å². The first kappa shape index (κ1) is 14.0. The maximum Gasteiger partial charge on any atom is 0.118 e. The van der Waals surface area contributed by atoms with Crippen LogP contribution in [0, 0.1) is 0 Å². The van der Waals surface area contributed by atoms with E-state index < -0.39 is 0 Å². The highest BCUT2D eigenvalue weighted by Gasteiger charge is 2.25. The average molecular weight is 283 g/mol. The Hall–Kier alpha value is -2.00. The van der Waals surface area contributed by atoms with Crippen molar-refractivity contribution in [2.24, 2.45) is 0 Å². The zero-order chi connectivity index (χ0) is 14.7. The molecule has 0 unspecified atom stereocenters. The van der Waals surface area contributed by atoms with Gasteiger partial charge in [0.15, 0.2) is 0 Å². The van der Waals surface area contributed by atoms with E-state index in [0.29, 0.717) is 12.1 Å². The van der Waals surface area contributed by atoms with Crippen molar-refractivity contribution >= 4 is 0 Å². The van der Waals surface area contributed by atoms with Crippen LogP contribution >= 0.6 is 0 Å². The molecular weight excluding hydrogens is 262 g/mol. The molecule has 110 valence electrons. The SMILES string of the molecule is COc1ccc([C@H]2CC[C@H](c3ccc(OC)cc3)N2)cc1. The maximum atomic E-state index is 5.21. The van der Waals surface area contributed by atoms with Crippen molar-refractivity contribution in [1.29, 1.82) is 0 Å². The van der Waals surface area contributed by atoms with E-state index in [1.54, 1.807) is 14.2 Å². The summed E-state index contributed by atoms with van der Waals surface area (Å²) in [4.78, 5) is 0. The Kier molecular flexibility index (Phi) is 4.11. The van der Waals surface area contributed by atoms with Crippen LogP contribution in [-0.2, 0) is 0 Å². The van der Waals surface area contributed by atoms with E-state index in [-0.39, 0.29) is 0 Å². The highest BCUT2D eigenvalue weighted by atomic mass is 16.5. The Morgan fingerprint density at radius 2 is 1.10 bits per heavy atom. The van der Waals surface area contributed by atoms with Gasteiger partial charge in [0, 0.05) is 12.1 Å². The van der Waals surface area contributed by atoms with Gasteiger partial charge in [0.2, 0.25) is 0 Å². The van der Waals surface area contributed by atoms with E-state index in [9.17, 15) is 0 Å². The summed E-state index contributed by atoms with van der Waals surface area (Å²) in [6.07, 6.45) is 2.31. The van der Waals surface area contributed by atoms with E-state index in [4.69, 9.17) is 9.47 Å². The van der Waals surface area contributed by atoms with Crippen LogP contribution < -0.4 is 14.8 Å². The molecule has 3 nitrogen and oxygen atoms in total. The summed E-state index contributed by atoms with van der Waals surface area (Å²) in [7, 11) is 3.39. The van der Waals surface area contributed by atoms with Crippen molar-refractivity contribution in [3.63, 3.8) is 0 Å². The third kappa shape index (κ3) is 3.03. The third-order valence-electron chi connectivity index (χ3n) is 4.18. The Bertz CT molecular complexity index is 524. The van der Waals surface area contributed by atoms with Gasteiger partial charge in [0.1, 0.15) is 11.5 Å². The molecule has 1 fully saturated rings. The molecule has 0 spiro atoms. The number of ether oxygens (including phenoxy) is 2. The van der Waals surface area contributed by atoms with Crippen LogP contribution in [0.3, 0.4) is 0 Å². The van der Waals surface area contributed by atoms with Crippen molar-refractivity contribution in [3.8, 4) is 11.5 Å². The molecule has 0 bridgehead atoms. The standard InChI is InChI=1S/C18H21NO2/c1-20-15-7-3-13(4-8-15)17-11-12-18(19-17)14-5-9-16(21-2)10-6-14/h3-10,17-19H,11-12H2,1-2H3/t17-,18-/m1/s1. The minimum Gasteiger partial charge on any atom is -0.497 e. The van der Waals surface area contributed by atoms with Crippen LogP contribution in [0.1, 0.15) is 36.1 Å². The van der Waals surface area contributed by atoms with Gasteiger partial charge >= 0.3 is 0 Å². The number of hydrogen-bond acceptors (Lipinski definition) is 3. The molecule has 2 atom stereocenters. The van der Waals surface area contributed by atoms with Crippen molar-refractivity contribution < 1.29 is 9.47 Å². The lowest BCUT2D eigenvalue weighted by Crippen LogP contribution is -2.17. The van der Waals surface area contributed by atoms with Crippen LogP contribution in [-0.4, -0.2) is 14.2 Å². The summed E-state index contributed by atoms with van der Waals surface area (Å²) in [5.41, 5.74) is 2.65. The van der Waals surface area contributed by atoms with Crippen LogP contribution in [0.15, 0.2) is 48.5 Å². The number of nitrogens with one attached hydrogen (secondary N) is 1. The average Bonchev–Trinajstić information content (AvgIpc) is 3.05. The molecule has 0 amide bonds. The van der Waals surface area contributed by atoms with Gasteiger partial charge in [-0.15, -0.1) is 0 Å². The molecule has 0 aromatic heterocycles. The zero-order valence-electron chi connectivity index (χ0n) is 12.5. The Labute approximate surface area is 125 Å². The first-order valence-electron chi connectivity index (χ1n) is 7.34. The number of rotatable bonds is 4. The normalized spacial score (nSPS) is 21.2. The Balaban J connectivity index is 1.68. The first-order valence-corrected chi connectivity index (χ1v) is 7.34. The lowest BCUT2D eigenvalue weighted by atomic mass is 10.0. The molecule has 2 aromatic rings. The van der Waals surface area contributed by atoms with Crippen LogP contribution in [0.4, 0.5) is 0 Å². The van der Waals surface area contributed by atoms with Gasteiger partial charge in [-0.3, -0.25) is 0 Å². The molecule has 2 aromatic carbocycles. The van der Waals surface area contributed by atoms with Crippen molar-refractivity contribution in [1.82, 2.24) is 5.32 Å². The maximum absolute atomic E-state index is 5.21. The summed E-state index contributed by atoms with van der Waals surface area (Å²) >= 11 is 0. The molecule has 3 rings (SSSR count). The predicted molar refractivity (Wildman–Crippen MR) is 83.8 cm³/mol. The quantitative estimate of drug-likeness (QED) is 0.924. The second-order valence-corrected chi connectivity index (χ2v) is 5.40. The molecule has 0 saturated carbocycles. The monoisotopic (exact) mass is 283 g/mol. The van der Waals surface area contributed by atoms with Crippen LogP contribution in [0.25, 0.3) is 0 Å². The van der Waals surface area contributed by atoms with Crippen molar-refractivity contribution in [2.75, 3.05) is 14.2 Å². The number of methoxy groups -OCH3 is 2. The molecule has 1 aliphatic rings. The highest BCUT2D eigenvalue weighted by Crippen LogP contribution is 2.35. The Morgan fingerprint density at radius 1 is 0.714 bits per heavy atom. The van der Waals surface area contributed by atoms with Gasteiger partial charge in [-0.1, -0.05) is 24.3 Å².